The topological polar surface area (TPSA) is 51.2 Å². The molecule has 0 atom stereocenters. The van der Waals surface area contributed by atoms with Crippen LogP contribution >= 0.6 is 22.9 Å². The zero-order chi connectivity index (χ0) is 19.8. The van der Waals surface area contributed by atoms with Crippen molar-refractivity contribution in [1.82, 2.24) is 10.3 Å². The van der Waals surface area contributed by atoms with Crippen LogP contribution in [0.1, 0.15) is 23.4 Å². The normalized spacial score (nSPS) is 10.6. The van der Waals surface area contributed by atoms with Gasteiger partial charge < -0.3 is 10.1 Å². The second kappa shape index (κ2) is 10.2. The van der Waals surface area contributed by atoms with Crippen LogP contribution in [0.25, 0.3) is 11.3 Å². The summed E-state index contributed by atoms with van der Waals surface area (Å²) in [4.78, 5) is 16.5. The summed E-state index contributed by atoms with van der Waals surface area (Å²) in [5.41, 5.74) is 3.33. The van der Waals surface area contributed by atoms with Crippen LogP contribution in [0.3, 0.4) is 0 Å². The quantitative estimate of drug-likeness (QED) is 0.484. The van der Waals surface area contributed by atoms with Crippen molar-refractivity contribution >= 4 is 28.8 Å². The summed E-state index contributed by atoms with van der Waals surface area (Å²) in [7, 11) is 0. The number of hydrogen-bond acceptors (Lipinski definition) is 4. The molecule has 0 unspecified atom stereocenters. The molecule has 1 N–H and O–H groups in total. The molecule has 4 nitrogen and oxygen atoms in total. The number of nitrogens with zero attached hydrogens (tertiary/aromatic N) is 1. The van der Waals surface area contributed by atoms with Crippen molar-refractivity contribution in [3.8, 4) is 17.0 Å². The van der Waals surface area contributed by atoms with E-state index in [1.807, 2.05) is 25.1 Å². The number of benzene rings is 2. The van der Waals surface area contributed by atoms with Gasteiger partial charge in [0, 0.05) is 23.9 Å². The number of carbonyl (C=O) groups is 1. The Labute approximate surface area is 174 Å². The molecule has 0 fully saturated rings. The van der Waals surface area contributed by atoms with Crippen LogP contribution in [-0.4, -0.2) is 24.0 Å². The molecule has 28 heavy (non-hydrogen) atoms. The van der Waals surface area contributed by atoms with Crippen LogP contribution in [0.5, 0.6) is 5.75 Å². The van der Waals surface area contributed by atoms with E-state index in [1.165, 1.54) is 5.56 Å². The average Bonchev–Trinajstić information content (AvgIpc) is 3.13. The summed E-state index contributed by atoms with van der Waals surface area (Å²) < 4.78 is 5.59. The highest BCUT2D eigenvalue weighted by Gasteiger charge is 2.05. The van der Waals surface area contributed by atoms with Crippen molar-refractivity contribution in [2.75, 3.05) is 13.2 Å². The number of ether oxygens (including phenoxy) is 1. The van der Waals surface area contributed by atoms with Crippen LogP contribution in [-0.2, 0) is 11.2 Å². The van der Waals surface area contributed by atoms with E-state index >= 15 is 0 Å². The van der Waals surface area contributed by atoms with Crippen molar-refractivity contribution in [3.63, 3.8) is 0 Å². The molecule has 1 heterocycles. The summed E-state index contributed by atoms with van der Waals surface area (Å²) in [6.45, 7) is 3.10. The van der Waals surface area contributed by atoms with Gasteiger partial charge in [-0.05, 0) is 37.5 Å². The molecule has 2 aromatic carbocycles. The molecule has 3 rings (SSSR count). The fraction of sp³-hybridized carbons (Fsp3) is 0.273. The van der Waals surface area contributed by atoms with E-state index in [9.17, 15) is 4.79 Å². The van der Waals surface area contributed by atoms with E-state index in [2.05, 4.69) is 39.9 Å². The summed E-state index contributed by atoms with van der Waals surface area (Å²) in [5.74, 6) is 0.693. The van der Waals surface area contributed by atoms with Crippen LogP contribution in [0, 0.1) is 6.92 Å². The highest BCUT2D eigenvalue weighted by molar-refractivity contribution is 7.09. The molecular formula is C22H23ClN2O2S. The van der Waals surface area contributed by atoms with Gasteiger partial charge in [0.15, 0.2) is 0 Å². The summed E-state index contributed by atoms with van der Waals surface area (Å²) >= 11 is 7.68. The highest BCUT2D eigenvalue weighted by Crippen LogP contribution is 2.23. The second-order valence-corrected chi connectivity index (χ2v) is 7.90. The van der Waals surface area contributed by atoms with Crippen LogP contribution in [0.15, 0.2) is 53.9 Å². The summed E-state index contributed by atoms with van der Waals surface area (Å²) in [5, 5.41) is 6.68. The number of rotatable bonds is 9. The molecule has 0 spiro atoms. The molecule has 146 valence electrons. The van der Waals surface area contributed by atoms with Crippen molar-refractivity contribution in [2.45, 2.75) is 26.2 Å². The molecule has 0 aliphatic carbocycles. The third-order valence-corrected chi connectivity index (χ3v) is 5.33. The zero-order valence-electron chi connectivity index (χ0n) is 15.8. The number of halogens is 1. The lowest BCUT2D eigenvalue weighted by Crippen LogP contribution is -2.25. The Morgan fingerprint density at radius 3 is 2.68 bits per heavy atom. The maximum Gasteiger partial charge on any atom is 0.220 e. The maximum absolute atomic E-state index is 12.0. The first kappa shape index (κ1) is 20.4. The van der Waals surface area contributed by atoms with E-state index in [4.69, 9.17) is 16.3 Å². The molecular weight excluding hydrogens is 392 g/mol. The van der Waals surface area contributed by atoms with Crippen molar-refractivity contribution in [3.05, 3.63) is 69.5 Å². The van der Waals surface area contributed by atoms with Gasteiger partial charge in [-0.3, -0.25) is 4.79 Å². The number of aryl methyl sites for hydroxylation is 1. The largest absolute Gasteiger partial charge is 0.492 e. The third kappa shape index (κ3) is 6.08. The Hall–Kier alpha value is -2.37. The monoisotopic (exact) mass is 414 g/mol. The molecule has 0 saturated carbocycles. The number of amides is 1. The van der Waals surface area contributed by atoms with Crippen molar-refractivity contribution in [1.29, 1.82) is 0 Å². The fourth-order valence-corrected chi connectivity index (χ4v) is 3.56. The highest BCUT2D eigenvalue weighted by atomic mass is 35.5. The predicted molar refractivity (Wildman–Crippen MR) is 115 cm³/mol. The van der Waals surface area contributed by atoms with Crippen LogP contribution < -0.4 is 10.1 Å². The lowest BCUT2D eigenvalue weighted by Gasteiger charge is -2.08. The van der Waals surface area contributed by atoms with E-state index in [0.29, 0.717) is 36.8 Å². The lowest BCUT2D eigenvalue weighted by molar-refractivity contribution is -0.121. The number of carbonyl (C=O) groups excluding carboxylic acids is 1. The molecule has 0 aliphatic heterocycles. The van der Waals surface area contributed by atoms with Gasteiger partial charge in [-0.25, -0.2) is 4.98 Å². The number of para-hydroxylation sites is 1. The molecule has 6 heteroatoms. The smallest absolute Gasteiger partial charge is 0.220 e. The summed E-state index contributed by atoms with van der Waals surface area (Å²) in [6, 6.07) is 15.7. The van der Waals surface area contributed by atoms with Gasteiger partial charge in [0.1, 0.15) is 5.75 Å². The van der Waals surface area contributed by atoms with E-state index < -0.39 is 0 Å². The fourth-order valence-electron chi connectivity index (χ4n) is 2.75. The van der Waals surface area contributed by atoms with Gasteiger partial charge in [-0.2, -0.15) is 0 Å². The van der Waals surface area contributed by atoms with Crippen molar-refractivity contribution < 1.29 is 9.53 Å². The molecule has 0 aliphatic rings. The Balaban J connectivity index is 1.33. The van der Waals surface area contributed by atoms with Gasteiger partial charge >= 0.3 is 0 Å². The third-order valence-electron chi connectivity index (χ3n) is 4.25. The first-order valence-electron chi connectivity index (χ1n) is 9.27. The van der Waals surface area contributed by atoms with E-state index in [0.717, 1.165) is 22.7 Å². The molecule has 3 aromatic rings. The minimum Gasteiger partial charge on any atom is -0.492 e. The Morgan fingerprint density at radius 1 is 1.18 bits per heavy atom. The van der Waals surface area contributed by atoms with Gasteiger partial charge in [0.2, 0.25) is 5.91 Å². The average molecular weight is 415 g/mol. The number of nitrogens with one attached hydrogen (secondary N) is 1. The van der Waals surface area contributed by atoms with Crippen LogP contribution in [0.2, 0.25) is 5.02 Å². The lowest BCUT2D eigenvalue weighted by atomic mass is 10.1. The van der Waals surface area contributed by atoms with E-state index in [1.54, 1.807) is 17.4 Å². The Morgan fingerprint density at radius 2 is 1.96 bits per heavy atom. The number of thiazole rings is 1. The zero-order valence-corrected chi connectivity index (χ0v) is 17.4. The first-order chi connectivity index (χ1) is 13.6. The second-order valence-electron chi connectivity index (χ2n) is 6.43. The summed E-state index contributed by atoms with van der Waals surface area (Å²) in [6.07, 6.45) is 1.89. The van der Waals surface area contributed by atoms with E-state index in [-0.39, 0.29) is 5.91 Å². The number of hydrogen-bond donors (Lipinski definition) is 1. The molecule has 1 aromatic heterocycles. The van der Waals surface area contributed by atoms with Gasteiger partial charge in [-0.15, -0.1) is 11.3 Å². The standard InChI is InChI=1S/C22H23ClN2O2S/c1-16-25-20(15-28-16)18-10-8-17(9-11-18)12-13-24-22(26)7-4-14-27-21-6-3-2-5-19(21)23/h2-3,5-6,8-11,15H,4,7,12-14H2,1H3,(H,24,26). The van der Waals surface area contributed by atoms with Gasteiger partial charge in [-0.1, -0.05) is 48.0 Å². The molecule has 0 bridgehead atoms. The van der Waals surface area contributed by atoms with Gasteiger partial charge in [0.25, 0.3) is 0 Å². The minimum absolute atomic E-state index is 0.0392. The molecule has 0 saturated heterocycles. The first-order valence-corrected chi connectivity index (χ1v) is 10.5. The minimum atomic E-state index is 0.0392. The Bertz CT molecular complexity index is 909. The predicted octanol–water partition coefficient (Wildman–Crippen LogP) is 5.29. The number of aromatic nitrogens is 1. The Kier molecular flexibility index (Phi) is 7.46. The maximum atomic E-state index is 12.0. The SMILES string of the molecule is Cc1nc(-c2ccc(CCNC(=O)CCCOc3ccccc3Cl)cc2)cs1. The van der Waals surface area contributed by atoms with Gasteiger partial charge in [0.05, 0.1) is 22.3 Å². The van der Waals surface area contributed by atoms with Crippen LogP contribution in [0.4, 0.5) is 0 Å². The molecule has 1 amide bonds. The molecule has 0 radical (unpaired) electrons. The van der Waals surface area contributed by atoms with Crippen molar-refractivity contribution in [2.24, 2.45) is 0 Å².